The molecule has 432 valence electrons. The standard InChI is InChI=1S/2C7H16.3C7H15.C5H13BO2.C2H5Br.CH3.2ClH.6H3N.6H2N.3Pt/c5*1-3-5-7-6-4-2;1-2-3-4-5-6(7)8;1-2-3;;;;;;;;;;;;;;;;;;/h2*3-7H2,1-2H3;3*7H,3-6H2,1-2H3;7-8H,2-5H2,1H3;2H2,1H3;1H3;2*1H;6*1H3;6*1H2;;;/q;;3*-1;;;-1;;;;;;;;;6*-1;2*+1;+4/p-2. The van der Waals surface area contributed by atoms with Crippen LogP contribution in [0.15, 0.2) is 0 Å². The molecule has 0 saturated carbocycles. The van der Waals surface area contributed by atoms with Crippen LogP contribution in [0.25, 0.3) is 36.9 Å². The van der Waals surface area contributed by atoms with Gasteiger partial charge in [0, 0.05) is 5.33 Å². The Kier molecular flexibility index (Phi) is 509. The molecule has 0 spiro atoms. The normalized spacial score (nSPS) is 6.83. The second-order valence-electron chi connectivity index (χ2n) is 12.0. The Bertz CT molecular complexity index is 352. The Hall–Kier alpha value is 2.63. The molecule has 0 bridgehead atoms. The second kappa shape index (κ2) is 216. The summed E-state index contributed by atoms with van der Waals surface area (Å²) in [5.41, 5.74) is 0. The molecule has 0 saturated heterocycles. The van der Waals surface area contributed by atoms with Crippen molar-refractivity contribution in [3.05, 3.63) is 63.6 Å². The molecule has 0 aliphatic carbocycles. The minimum absolute atomic E-state index is 0. The van der Waals surface area contributed by atoms with Crippen LogP contribution in [-0.4, -0.2) is 22.5 Å². The summed E-state index contributed by atoms with van der Waals surface area (Å²) in [4.78, 5) is 0. The van der Waals surface area contributed by atoms with Gasteiger partial charge in [-0.25, -0.2) is 0 Å². The van der Waals surface area contributed by atoms with Crippen molar-refractivity contribution in [2.24, 2.45) is 0 Å². The molecule has 0 fully saturated rings. The van der Waals surface area contributed by atoms with E-state index in [1.807, 2.05) is 6.92 Å². The number of halogens is 3. The van der Waals surface area contributed by atoms with Crippen molar-refractivity contribution in [1.82, 2.24) is 36.9 Å². The van der Waals surface area contributed by atoms with E-state index in [4.69, 9.17) is 10.0 Å². The number of hydrogen-bond donors (Lipinski definition) is 8. The molecule has 14 nitrogen and oxygen atoms in total. The summed E-state index contributed by atoms with van der Waals surface area (Å²) < 4.78 is 0. The van der Waals surface area contributed by atoms with E-state index in [9.17, 15) is 0 Å². The fraction of sp³-hybridized carbons (Fsp3) is 0.907. The van der Waals surface area contributed by atoms with Gasteiger partial charge in [0.25, 0.3) is 0 Å². The van der Waals surface area contributed by atoms with Crippen LogP contribution in [-0.2, 0) is 58.6 Å². The largest absolute Gasteiger partial charge is 4.00 e. The molecule has 0 aromatic rings. The average Bonchev–Trinajstić information content (AvgIpc) is 3.13. The number of unbranched alkanes of at least 4 members (excludes halogenated alkanes) is 22. The number of hydrogen-bond acceptors (Lipinski definition) is 8. The van der Waals surface area contributed by atoms with E-state index in [2.05, 4.69) is 130 Å². The first-order chi connectivity index (χ1) is 24.3. The minimum Gasteiger partial charge on any atom is -0.693 e. The topological polar surface area (TPSA) is 451 Å². The maximum Gasteiger partial charge on any atom is 4.00 e. The first-order valence-electron chi connectivity index (χ1n) is 20.9. The number of alkyl halides is 1. The van der Waals surface area contributed by atoms with Crippen molar-refractivity contribution in [2.75, 3.05) is 5.33 Å². The molecule has 0 heterocycles. The molecule has 0 aliphatic heterocycles. The molecule has 21 heteroatoms. The zero-order chi connectivity index (χ0) is 40.8. The van der Waals surface area contributed by atoms with E-state index in [1.165, 1.54) is 141 Å². The Balaban J connectivity index is -0.0000000140. The van der Waals surface area contributed by atoms with Gasteiger partial charge in [0.2, 0.25) is 0 Å². The van der Waals surface area contributed by atoms with Crippen LogP contribution < -0.4 is 36.9 Å². The van der Waals surface area contributed by atoms with Gasteiger partial charge in [-0.3, -0.25) is 0 Å². The molecule has 0 amide bonds. The van der Waals surface area contributed by atoms with Crippen LogP contribution in [0.1, 0.15) is 244 Å². The molecule has 0 unspecified atom stereocenters. The van der Waals surface area contributed by atoms with E-state index in [1.54, 1.807) is 37.5 Å². The Morgan fingerprint density at radius 1 is 0.359 bits per heavy atom. The summed E-state index contributed by atoms with van der Waals surface area (Å²) in [6.07, 6.45) is 40.4. The molecule has 32 N–H and O–H groups in total. The summed E-state index contributed by atoms with van der Waals surface area (Å²) in [5, 5.41) is 17.7. The Labute approximate surface area is 462 Å². The van der Waals surface area contributed by atoms with Gasteiger partial charge in [0.15, 0.2) is 0 Å². The van der Waals surface area contributed by atoms with Gasteiger partial charge in [-0.1, -0.05) is 221 Å². The zero-order valence-corrected chi connectivity index (χ0v) is 55.0. The third-order valence-corrected chi connectivity index (χ3v) is 6.44. The molecule has 0 aromatic carbocycles. The van der Waals surface area contributed by atoms with Crippen LogP contribution in [0.2, 0.25) is 6.32 Å². The summed E-state index contributed by atoms with van der Waals surface area (Å²) in [6, 6.07) is 0. The van der Waals surface area contributed by atoms with Crippen LogP contribution in [0.4, 0.5) is 0 Å². The molecule has 0 radical (unpaired) electrons. The molecule has 0 aliphatic rings. The van der Waals surface area contributed by atoms with Crippen molar-refractivity contribution < 1.29 is 68.7 Å². The van der Waals surface area contributed by atoms with Gasteiger partial charge in [-0.15, -0.1) is 0 Å². The van der Waals surface area contributed by atoms with Crippen molar-refractivity contribution in [2.45, 2.75) is 250 Å². The van der Waals surface area contributed by atoms with Gasteiger partial charge in [0.1, 0.15) is 0 Å². The average molecular weight is 1590 g/mol. The maximum absolute atomic E-state index is 8.33. The number of rotatable bonds is 24. The van der Waals surface area contributed by atoms with Gasteiger partial charge in [-0.05, 0) is 6.32 Å². The van der Waals surface area contributed by atoms with Crippen LogP contribution in [0, 0.1) is 26.7 Å². The third-order valence-electron chi connectivity index (χ3n) is 6.44. The number of nitrogens with two attached hydrogens (primary N) is 6. The van der Waals surface area contributed by atoms with Crippen LogP contribution in [0.3, 0.4) is 0 Å². The minimum atomic E-state index is -1.10. The third kappa shape index (κ3) is 343. The van der Waals surface area contributed by atoms with Gasteiger partial charge in [-0.2, -0.15) is 38.5 Å². The van der Waals surface area contributed by atoms with E-state index in [0.29, 0.717) is 6.32 Å². The maximum atomic E-state index is 8.33. The predicted octanol–water partition coefficient (Wildman–Crippen LogP) is 23.5. The van der Waals surface area contributed by atoms with Crippen molar-refractivity contribution in [3.63, 3.8) is 0 Å². The summed E-state index contributed by atoms with van der Waals surface area (Å²) in [6.45, 7) is 26.4. The fourth-order valence-electron chi connectivity index (χ4n) is 3.59. The first kappa shape index (κ1) is 151. The SMILES string of the molecule is CCBr.CCCCCB(O)O.CCCCCCC.CCCCCCC.CCC[CH-]CCC.CCC[CH-]CCC.CCC[CH-]CCC.N.N.N.N.N.N.[CH3-].[Cl][Pt].[Cl][Pt].[NH2-].[NH2-].[NH2-].[NH2-].[NH2-].[NH2-].[Pt+4]. The molecule has 0 rings (SSSR count). The summed E-state index contributed by atoms with van der Waals surface area (Å²) in [5.74, 6) is 0. The smallest absolute Gasteiger partial charge is 0.693 e. The summed E-state index contributed by atoms with van der Waals surface area (Å²) >= 11 is 6.37. The predicted molar refractivity (Wildman–Crippen MR) is 305 cm³/mol. The monoisotopic (exact) mass is 1590 g/mol. The Morgan fingerprint density at radius 2 is 0.500 bits per heavy atom. The van der Waals surface area contributed by atoms with E-state index >= 15 is 0 Å². The summed E-state index contributed by atoms with van der Waals surface area (Å²) in [7, 11) is 8.13. The molecule has 0 atom stereocenters. The van der Waals surface area contributed by atoms with Crippen molar-refractivity contribution in [3.8, 4) is 0 Å². The van der Waals surface area contributed by atoms with Crippen molar-refractivity contribution >= 4 is 41.9 Å². The van der Waals surface area contributed by atoms with Crippen molar-refractivity contribution in [1.29, 1.82) is 0 Å². The van der Waals surface area contributed by atoms with E-state index in [0.717, 1.165) is 24.6 Å². The van der Waals surface area contributed by atoms with Crippen LogP contribution in [0.5, 0.6) is 0 Å². The molecular weight excluding hydrogens is 1460 g/mol. The van der Waals surface area contributed by atoms with Gasteiger partial charge in [0.05, 0.1) is 0 Å². The van der Waals surface area contributed by atoms with E-state index < -0.39 is 7.12 Å². The first-order valence-corrected chi connectivity index (χ1v) is 27.6. The molecule has 64 heavy (non-hydrogen) atoms. The second-order valence-corrected chi connectivity index (χ2v) is 13.1. The van der Waals surface area contributed by atoms with Crippen LogP contribution >= 0.6 is 34.8 Å². The zero-order valence-electron chi connectivity index (χ0n) is 45.1. The molecule has 0 aromatic heterocycles. The molecular formula is C43H128BBrCl2N12O2Pt3-6. The van der Waals surface area contributed by atoms with Gasteiger partial charge >= 0.3 is 84.6 Å². The fourth-order valence-corrected chi connectivity index (χ4v) is 3.59. The van der Waals surface area contributed by atoms with E-state index in [-0.39, 0.29) is 102 Å². The quantitative estimate of drug-likeness (QED) is 0.0198. The van der Waals surface area contributed by atoms with Gasteiger partial charge < -0.3 is 111 Å². The Morgan fingerprint density at radius 3 is 0.609 bits per heavy atom.